The summed E-state index contributed by atoms with van der Waals surface area (Å²) in [7, 11) is 1.38. The van der Waals surface area contributed by atoms with Crippen molar-refractivity contribution in [2.24, 2.45) is 5.92 Å². The van der Waals surface area contributed by atoms with Gasteiger partial charge in [0, 0.05) is 23.2 Å². The summed E-state index contributed by atoms with van der Waals surface area (Å²) in [4.78, 5) is 30.2. The zero-order valence-electron chi connectivity index (χ0n) is 37.1. The number of unbranched alkanes of at least 4 members (excludes halogenated alkanes) is 4. The average Bonchev–Trinajstić information content (AvgIpc) is 4.19. The summed E-state index contributed by atoms with van der Waals surface area (Å²) in [6.07, 6.45) is 13.6. The number of methoxy groups -OCH3 is 1. The Morgan fingerprint density at radius 2 is 1.16 bits per heavy atom. The maximum absolute atomic E-state index is 13.9. The first-order chi connectivity index (χ1) is 29.9. The van der Waals surface area contributed by atoms with Gasteiger partial charge in [-0.3, -0.25) is 0 Å². The Kier molecular flexibility index (Phi) is 14.6. The second-order valence-corrected chi connectivity index (χ2v) is 18.2. The fourth-order valence-electron chi connectivity index (χ4n) is 9.48. The predicted octanol–water partition coefficient (Wildman–Crippen LogP) is 12.0. The topological polar surface area (TPSA) is 140 Å². The van der Waals surface area contributed by atoms with Crippen molar-refractivity contribution >= 4 is 12.2 Å². The second-order valence-electron chi connectivity index (χ2n) is 18.2. The zero-order valence-corrected chi connectivity index (χ0v) is 37.1. The molecule has 2 unspecified atom stereocenters. The minimum atomic E-state index is -0.417. The zero-order chi connectivity index (χ0) is 43.9. The van der Waals surface area contributed by atoms with Crippen LogP contribution in [0.1, 0.15) is 130 Å². The van der Waals surface area contributed by atoms with Crippen LogP contribution in [0.5, 0.6) is 23.0 Å². The van der Waals surface area contributed by atoms with Crippen molar-refractivity contribution in [1.82, 2.24) is 9.80 Å². The van der Waals surface area contributed by atoms with E-state index < -0.39 is 6.09 Å². The lowest BCUT2D eigenvalue weighted by atomic mass is 9.92. The molecule has 3 aliphatic rings. The van der Waals surface area contributed by atoms with Gasteiger partial charge in [-0.25, -0.2) is 9.59 Å². The number of hydrogen-bond acceptors (Lipinski definition) is 8. The van der Waals surface area contributed by atoms with Crippen LogP contribution in [0.15, 0.2) is 60.7 Å². The molecule has 0 aliphatic heterocycles. The highest BCUT2D eigenvalue weighted by Gasteiger charge is 2.38. The van der Waals surface area contributed by atoms with Gasteiger partial charge in [0.2, 0.25) is 0 Å². The maximum atomic E-state index is 13.9. The molecule has 0 aromatic heterocycles. The van der Waals surface area contributed by atoms with E-state index in [2.05, 4.69) is 6.92 Å². The van der Waals surface area contributed by atoms with Crippen LogP contribution in [0.25, 0.3) is 22.3 Å². The molecule has 0 spiro atoms. The van der Waals surface area contributed by atoms with E-state index in [1.807, 2.05) is 62.4 Å². The smallest absolute Gasteiger partial charge is 0.410 e. The molecular weight excluding hydrogens is 781 g/mol. The lowest BCUT2D eigenvalue weighted by Gasteiger charge is -2.26. The molecule has 0 bridgehead atoms. The van der Waals surface area contributed by atoms with Crippen LogP contribution in [-0.2, 0) is 35.4 Å². The Balaban J connectivity index is 0.963. The SMILES string of the molecule is CCCCCc1cc(O)c(-c2cccc(C)c2)c(O)c1CN(C(=O)OC1CCC(CCCCCc2cc(O)c(-c3cccc(C)c3)c(O)c2CN(C(=O)OC)C2CC2)C1)C1CC1. The third-order valence-electron chi connectivity index (χ3n) is 13.2. The van der Waals surface area contributed by atoms with E-state index in [-0.39, 0.29) is 60.4 Å². The molecule has 4 aromatic rings. The molecule has 332 valence electrons. The second kappa shape index (κ2) is 20.2. The Morgan fingerprint density at radius 3 is 1.65 bits per heavy atom. The molecule has 0 radical (unpaired) electrons. The van der Waals surface area contributed by atoms with E-state index in [0.29, 0.717) is 41.0 Å². The first-order valence-corrected chi connectivity index (χ1v) is 23.0. The molecule has 2 atom stereocenters. The third kappa shape index (κ3) is 10.8. The van der Waals surface area contributed by atoms with E-state index >= 15 is 0 Å². The molecule has 3 fully saturated rings. The summed E-state index contributed by atoms with van der Waals surface area (Å²) in [5.41, 5.74) is 7.32. The van der Waals surface area contributed by atoms with Gasteiger partial charge < -0.3 is 39.7 Å². The number of carbonyl (C=O) groups excluding carboxylic acids is 2. The first kappa shape index (κ1) is 44.7. The fourth-order valence-corrected chi connectivity index (χ4v) is 9.48. The number of phenolic OH excluding ortho intramolecular Hbond substituents is 4. The van der Waals surface area contributed by atoms with Crippen LogP contribution >= 0.6 is 0 Å². The monoisotopic (exact) mass is 846 g/mol. The average molecular weight is 847 g/mol. The number of amides is 2. The summed E-state index contributed by atoms with van der Waals surface area (Å²) in [5.74, 6) is 0.564. The highest BCUT2D eigenvalue weighted by atomic mass is 16.6. The number of carbonyl (C=O) groups is 2. The molecule has 10 nitrogen and oxygen atoms in total. The highest BCUT2D eigenvalue weighted by molar-refractivity contribution is 5.81. The number of hydrogen-bond donors (Lipinski definition) is 4. The van der Waals surface area contributed by atoms with Crippen LogP contribution in [-0.4, -0.2) is 67.7 Å². The number of rotatable bonds is 19. The van der Waals surface area contributed by atoms with E-state index in [1.54, 1.807) is 21.9 Å². The fraction of sp³-hybridized carbons (Fsp3) is 0.500. The van der Waals surface area contributed by atoms with Crippen molar-refractivity contribution in [3.63, 3.8) is 0 Å². The number of ether oxygens (including phenoxy) is 2. The third-order valence-corrected chi connectivity index (χ3v) is 13.2. The van der Waals surface area contributed by atoms with Gasteiger partial charge in [-0.1, -0.05) is 98.7 Å². The van der Waals surface area contributed by atoms with E-state index in [0.717, 1.165) is 123 Å². The van der Waals surface area contributed by atoms with E-state index in [1.165, 1.54) is 7.11 Å². The summed E-state index contributed by atoms with van der Waals surface area (Å²) >= 11 is 0. The van der Waals surface area contributed by atoms with Crippen LogP contribution < -0.4 is 0 Å². The van der Waals surface area contributed by atoms with Gasteiger partial charge in [-0.2, -0.15) is 0 Å². The van der Waals surface area contributed by atoms with Crippen molar-refractivity contribution in [2.45, 2.75) is 155 Å². The molecular formula is C52H66N2O8. The number of aromatic hydroxyl groups is 4. The van der Waals surface area contributed by atoms with Crippen molar-refractivity contribution in [2.75, 3.05) is 7.11 Å². The molecule has 0 heterocycles. The van der Waals surface area contributed by atoms with E-state index in [9.17, 15) is 30.0 Å². The van der Waals surface area contributed by atoms with Crippen LogP contribution in [0, 0.1) is 19.8 Å². The lowest BCUT2D eigenvalue weighted by molar-refractivity contribution is 0.0589. The lowest BCUT2D eigenvalue weighted by Crippen LogP contribution is -2.35. The van der Waals surface area contributed by atoms with Gasteiger partial charge in [0.1, 0.15) is 29.1 Å². The molecule has 62 heavy (non-hydrogen) atoms. The van der Waals surface area contributed by atoms with Crippen molar-refractivity contribution in [3.8, 4) is 45.3 Å². The van der Waals surface area contributed by atoms with Gasteiger partial charge >= 0.3 is 12.2 Å². The minimum Gasteiger partial charge on any atom is -0.507 e. The van der Waals surface area contributed by atoms with Crippen LogP contribution in [0.3, 0.4) is 0 Å². The molecule has 10 heteroatoms. The summed E-state index contributed by atoms with van der Waals surface area (Å²) in [6.45, 7) is 6.55. The molecule has 3 aliphatic carbocycles. The van der Waals surface area contributed by atoms with Gasteiger partial charge in [-0.05, 0) is 125 Å². The summed E-state index contributed by atoms with van der Waals surface area (Å²) in [5, 5.41) is 45.9. The van der Waals surface area contributed by atoms with Crippen LogP contribution in [0.2, 0.25) is 0 Å². The minimum absolute atomic E-state index is 0.00578. The molecule has 3 saturated carbocycles. The quantitative estimate of drug-likeness (QED) is 0.0684. The van der Waals surface area contributed by atoms with E-state index in [4.69, 9.17) is 9.47 Å². The largest absolute Gasteiger partial charge is 0.507 e. The first-order valence-electron chi connectivity index (χ1n) is 23.0. The number of aryl methyl sites for hydroxylation is 4. The van der Waals surface area contributed by atoms with Crippen LogP contribution in [0.4, 0.5) is 9.59 Å². The van der Waals surface area contributed by atoms with Crippen molar-refractivity contribution < 1.29 is 39.5 Å². The Morgan fingerprint density at radius 1 is 0.645 bits per heavy atom. The molecule has 4 N–H and O–H groups in total. The predicted molar refractivity (Wildman–Crippen MR) is 242 cm³/mol. The molecule has 7 rings (SSSR count). The number of benzene rings is 4. The standard InChI is InChI=1S/C52H66N2O8/c1-5-6-8-16-36-29-45(55)48(39-19-12-14-34(3)27-39)50(58)44(36)32-54(41-23-24-41)52(60)62-42-25-20-35(28-42)15-9-7-10-17-37-30-46(56)47(38-18-11-13-33(2)26-38)49(57)43(37)31-53(40-21-22-40)51(59)61-4/h11-14,18-19,26-27,29-30,35,40-42,55-58H,5-10,15-17,20-25,28,31-32H2,1-4H3. The summed E-state index contributed by atoms with van der Waals surface area (Å²) in [6, 6.07) is 19.1. The highest BCUT2D eigenvalue weighted by Crippen LogP contribution is 2.46. The van der Waals surface area contributed by atoms with Gasteiger partial charge in [0.15, 0.2) is 0 Å². The Labute approximate surface area is 367 Å². The van der Waals surface area contributed by atoms with Crippen molar-refractivity contribution in [1.29, 1.82) is 0 Å². The summed E-state index contributed by atoms with van der Waals surface area (Å²) < 4.78 is 11.3. The van der Waals surface area contributed by atoms with Crippen molar-refractivity contribution in [3.05, 3.63) is 94.0 Å². The number of nitrogens with zero attached hydrogens (tertiary/aromatic N) is 2. The maximum Gasteiger partial charge on any atom is 0.410 e. The number of phenols is 4. The van der Waals surface area contributed by atoms with Gasteiger partial charge in [0.25, 0.3) is 0 Å². The molecule has 0 saturated heterocycles. The Hall–Kier alpha value is -5.38. The molecule has 2 amide bonds. The van der Waals surface area contributed by atoms with Gasteiger partial charge in [-0.15, -0.1) is 0 Å². The Bertz CT molecular complexity index is 2210. The van der Waals surface area contributed by atoms with Gasteiger partial charge in [0.05, 0.1) is 31.3 Å². The molecule has 4 aromatic carbocycles. The normalized spacial score (nSPS) is 17.2.